The second-order valence-electron chi connectivity index (χ2n) is 6.76. The van der Waals surface area contributed by atoms with Crippen LogP contribution < -0.4 is 16.1 Å². The first-order chi connectivity index (χ1) is 14.6. The van der Waals surface area contributed by atoms with E-state index in [0.717, 1.165) is 17.7 Å². The second-order valence-corrected chi connectivity index (χ2v) is 7.83. The van der Waals surface area contributed by atoms with Crippen molar-refractivity contribution in [2.24, 2.45) is 0 Å². The highest BCUT2D eigenvalue weighted by atomic mass is 32.2. The fourth-order valence-corrected chi connectivity index (χ4v) is 3.99. The van der Waals surface area contributed by atoms with Gasteiger partial charge in [0, 0.05) is 54.5 Å². The molecular weight excluding hydrogens is 402 g/mol. The SMILES string of the molecule is Nn1c(SCCC(=O)Nc2cccc(N3CCCC3=O)c2)nnc1-c1cccnc1. The number of benzene rings is 1. The van der Waals surface area contributed by atoms with Gasteiger partial charge in [0.15, 0.2) is 5.82 Å². The van der Waals surface area contributed by atoms with Crippen LogP contribution in [0.15, 0.2) is 53.9 Å². The summed E-state index contributed by atoms with van der Waals surface area (Å²) in [6, 6.07) is 11.0. The summed E-state index contributed by atoms with van der Waals surface area (Å²) in [5.74, 6) is 7.08. The third kappa shape index (κ3) is 4.43. The Morgan fingerprint density at radius 2 is 2.13 bits per heavy atom. The van der Waals surface area contributed by atoms with Crippen molar-refractivity contribution < 1.29 is 9.59 Å². The van der Waals surface area contributed by atoms with Crippen molar-refractivity contribution in [2.45, 2.75) is 24.4 Å². The van der Waals surface area contributed by atoms with Gasteiger partial charge in [-0.1, -0.05) is 17.8 Å². The number of anilines is 2. The molecule has 3 N–H and O–H groups in total. The zero-order valence-electron chi connectivity index (χ0n) is 16.2. The third-order valence-electron chi connectivity index (χ3n) is 4.66. The minimum Gasteiger partial charge on any atom is -0.335 e. The molecule has 0 spiro atoms. The Morgan fingerprint density at radius 3 is 2.90 bits per heavy atom. The van der Waals surface area contributed by atoms with Gasteiger partial charge in [0.1, 0.15) is 0 Å². The largest absolute Gasteiger partial charge is 0.335 e. The van der Waals surface area contributed by atoms with E-state index in [2.05, 4.69) is 20.5 Å². The maximum Gasteiger partial charge on any atom is 0.227 e. The Balaban J connectivity index is 1.31. The van der Waals surface area contributed by atoms with Crippen LogP contribution in [0.5, 0.6) is 0 Å². The number of nitrogen functional groups attached to an aromatic ring is 1. The maximum absolute atomic E-state index is 12.3. The molecule has 154 valence electrons. The normalized spacial score (nSPS) is 13.6. The molecule has 1 fully saturated rings. The van der Waals surface area contributed by atoms with Crippen LogP contribution in [0.4, 0.5) is 11.4 Å². The number of hydrogen-bond acceptors (Lipinski definition) is 7. The van der Waals surface area contributed by atoms with Gasteiger partial charge in [-0.05, 0) is 36.8 Å². The van der Waals surface area contributed by atoms with Crippen molar-refractivity contribution in [1.29, 1.82) is 0 Å². The standard InChI is InChI=1S/C20H21N7O2S/c21-27-19(14-4-2-9-22-13-14)24-25-20(27)30-11-8-17(28)23-15-5-1-6-16(12-15)26-10-3-7-18(26)29/h1-2,4-6,9,12-13H,3,7-8,10-11,21H2,(H,23,28). The minimum atomic E-state index is -0.122. The van der Waals surface area contributed by atoms with Crippen LogP contribution in [0.1, 0.15) is 19.3 Å². The smallest absolute Gasteiger partial charge is 0.227 e. The fraction of sp³-hybridized carbons (Fsp3) is 0.250. The molecule has 1 aromatic carbocycles. The van der Waals surface area contributed by atoms with Crippen LogP contribution in [0, 0.1) is 0 Å². The first-order valence-electron chi connectivity index (χ1n) is 9.56. The van der Waals surface area contributed by atoms with Crippen molar-refractivity contribution in [3.63, 3.8) is 0 Å². The molecule has 10 heteroatoms. The summed E-state index contributed by atoms with van der Waals surface area (Å²) in [5.41, 5.74) is 2.25. The molecule has 2 amide bonds. The third-order valence-corrected chi connectivity index (χ3v) is 5.60. The fourth-order valence-electron chi connectivity index (χ4n) is 3.20. The monoisotopic (exact) mass is 423 g/mol. The summed E-state index contributed by atoms with van der Waals surface area (Å²) in [6.45, 7) is 0.716. The van der Waals surface area contributed by atoms with Crippen LogP contribution >= 0.6 is 11.8 Å². The summed E-state index contributed by atoms with van der Waals surface area (Å²) >= 11 is 1.36. The molecule has 1 aliphatic heterocycles. The summed E-state index contributed by atoms with van der Waals surface area (Å²) in [7, 11) is 0. The number of aromatic nitrogens is 4. The summed E-state index contributed by atoms with van der Waals surface area (Å²) in [4.78, 5) is 30.0. The Hall–Kier alpha value is -3.40. The summed E-state index contributed by atoms with van der Waals surface area (Å²) in [5, 5.41) is 11.6. The molecule has 0 saturated carbocycles. The summed E-state index contributed by atoms with van der Waals surface area (Å²) < 4.78 is 1.40. The van der Waals surface area contributed by atoms with Gasteiger partial charge in [0.05, 0.1) is 0 Å². The van der Waals surface area contributed by atoms with Crippen LogP contribution in [-0.2, 0) is 9.59 Å². The van der Waals surface area contributed by atoms with E-state index in [1.807, 2.05) is 30.3 Å². The highest BCUT2D eigenvalue weighted by Gasteiger charge is 2.21. The highest BCUT2D eigenvalue weighted by Crippen LogP contribution is 2.25. The number of thioether (sulfide) groups is 1. The lowest BCUT2D eigenvalue weighted by Gasteiger charge is -2.16. The van der Waals surface area contributed by atoms with Gasteiger partial charge in [-0.2, -0.15) is 0 Å². The van der Waals surface area contributed by atoms with Crippen molar-refractivity contribution in [3.05, 3.63) is 48.8 Å². The van der Waals surface area contributed by atoms with Gasteiger partial charge < -0.3 is 16.1 Å². The molecule has 0 atom stereocenters. The second kappa shape index (κ2) is 8.95. The highest BCUT2D eigenvalue weighted by molar-refractivity contribution is 7.99. The summed E-state index contributed by atoms with van der Waals surface area (Å²) in [6.07, 6.45) is 5.06. The van der Waals surface area contributed by atoms with E-state index >= 15 is 0 Å². The Kier molecular flexibility index (Phi) is 5.94. The van der Waals surface area contributed by atoms with E-state index in [1.165, 1.54) is 16.4 Å². The van der Waals surface area contributed by atoms with E-state index < -0.39 is 0 Å². The number of rotatable bonds is 7. The van der Waals surface area contributed by atoms with Gasteiger partial charge >= 0.3 is 0 Å². The van der Waals surface area contributed by atoms with Crippen LogP contribution in [0.2, 0.25) is 0 Å². The number of amides is 2. The lowest BCUT2D eigenvalue weighted by Crippen LogP contribution is -2.23. The Bertz CT molecular complexity index is 1050. The van der Waals surface area contributed by atoms with E-state index in [-0.39, 0.29) is 18.2 Å². The predicted octanol–water partition coefficient (Wildman–Crippen LogP) is 2.30. The van der Waals surface area contributed by atoms with Crippen molar-refractivity contribution >= 4 is 35.0 Å². The zero-order valence-corrected chi connectivity index (χ0v) is 17.0. The number of carbonyl (C=O) groups is 2. The lowest BCUT2D eigenvalue weighted by atomic mass is 10.2. The molecule has 3 aromatic rings. The van der Waals surface area contributed by atoms with Gasteiger partial charge in [0.25, 0.3) is 0 Å². The molecule has 2 aromatic heterocycles. The Morgan fingerprint density at radius 1 is 1.23 bits per heavy atom. The molecule has 9 nitrogen and oxygen atoms in total. The average Bonchev–Trinajstić information content (AvgIpc) is 3.34. The number of pyridine rings is 1. The molecule has 4 rings (SSSR count). The molecule has 1 saturated heterocycles. The van der Waals surface area contributed by atoms with Crippen molar-refractivity contribution in [3.8, 4) is 11.4 Å². The molecule has 0 bridgehead atoms. The Labute approximate surface area is 177 Å². The molecular formula is C20H21N7O2S. The number of nitrogens with one attached hydrogen (secondary N) is 1. The van der Waals surface area contributed by atoms with Gasteiger partial charge in [-0.3, -0.25) is 14.6 Å². The first kappa shape index (κ1) is 19.9. The first-order valence-corrected chi connectivity index (χ1v) is 10.5. The van der Waals surface area contributed by atoms with E-state index in [1.54, 1.807) is 23.4 Å². The molecule has 0 unspecified atom stereocenters. The maximum atomic E-state index is 12.3. The topological polar surface area (TPSA) is 119 Å². The van der Waals surface area contributed by atoms with Gasteiger partial charge in [0.2, 0.25) is 17.0 Å². The zero-order chi connectivity index (χ0) is 20.9. The quantitative estimate of drug-likeness (QED) is 0.442. The predicted molar refractivity (Wildman–Crippen MR) is 115 cm³/mol. The van der Waals surface area contributed by atoms with E-state index in [4.69, 9.17) is 5.84 Å². The number of nitrogens with two attached hydrogens (primary N) is 1. The van der Waals surface area contributed by atoms with E-state index in [9.17, 15) is 9.59 Å². The number of hydrogen-bond donors (Lipinski definition) is 2. The van der Waals surface area contributed by atoms with Crippen molar-refractivity contribution in [1.82, 2.24) is 19.9 Å². The molecule has 0 aliphatic carbocycles. The van der Waals surface area contributed by atoms with Crippen LogP contribution in [0.3, 0.4) is 0 Å². The van der Waals surface area contributed by atoms with Crippen molar-refractivity contribution in [2.75, 3.05) is 28.4 Å². The number of nitrogens with zero attached hydrogens (tertiary/aromatic N) is 5. The van der Waals surface area contributed by atoms with Gasteiger partial charge in [-0.25, -0.2) is 4.68 Å². The van der Waals surface area contributed by atoms with Gasteiger partial charge in [-0.15, -0.1) is 10.2 Å². The molecule has 3 heterocycles. The molecule has 1 aliphatic rings. The lowest BCUT2D eigenvalue weighted by molar-refractivity contribution is -0.117. The average molecular weight is 424 g/mol. The molecule has 30 heavy (non-hydrogen) atoms. The van der Waals surface area contributed by atoms with Crippen LogP contribution in [0.25, 0.3) is 11.4 Å². The molecule has 0 radical (unpaired) electrons. The van der Waals surface area contributed by atoms with E-state index in [0.29, 0.717) is 35.4 Å². The minimum absolute atomic E-state index is 0.117. The number of carbonyl (C=O) groups excluding carboxylic acids is 2. The van der Waals surface area contributed by atoms with Crippen LogP contribution in [-0.4, -0.2) is 44.0 Å².